The van der Waals surface area contributed by atoms with Gasteiger partial charge in [-0.25, -0.2) is 0 Å². The van der Waals surface area contributed by atoms with Gasteiger partial charge in [-0.2, -0.15) is 10.1 Å². The molecule has 0 saturated heterocycles. The minimum atomic E-state index is -0.237. The van der Waals surface area contributed by atoms with Crippen LogP contribution in [0.5, 0.6) is 17.2 Å². The van der Waals surface area contributed by atoms with Gasteiger partial charge >= 0.3 is 0 Å². The van der Waals surface area contributed by atoms with Crippen LogP contribution in [0, 0.1) is 0 Å². The molecule has 0 saturated carbocycles. The molecule has 1 aliphatic rings. The van der Waals surface area contributed by atoms with E-state index in [1.807, 2.05) is 54.6 Å². The zero-order valence-electron chi connectivity index (χ0n) is 16.6. The molecule has 0 fully saturated rings. The van der Waals surface area contributed by atoms with Gasteiger partial charge in [0, 0.05) is 5.56 Å². The second-order valence-corrected chi connectivity index (χ2v) is 6.62. The highest BCUT2D eigenvalue weighted by atomic mass is 16.5. The Hall–Kier alpha value is -4.06. The molecule has 1 N–H and O–H groups in total. The number of hydrogen-bond donors (Lipinski definition) is 1. The predicted molar refractivity (Wildman–Crippen MR) is 116 cm³/mol. The Balaban J connectivity index is 1.81. The molecule has 0 radical (unpaired) electrons. The lowest BCUT2D eigenvalue weighted by Crippen LogP contribution is -2.21. The van der Waals surface area contributed by atoms with Crippen LogP contribution in [-0.4, -0.2) is 30.9 Å². The molecule has 0 unspecified atom stereocenters. The smallest absolute Gasteiger partial charge is 0.281 e. The van der Waals surface area contributed by atoms with E-state index in [1.165, 1.54) is 18.2 Å². The summed E-state index contributed by atoms with van der Waals surface area (Å²) in [6.45, 7) is 0. The van der Waals surface area contributed by atoms with E-state index in [1.54, 1.807) is 25.3 Å². The zero-order chi connectivity index (χ0) is 21.1. The van der Waals surface area contributed by atoms with E-state index in [2.05, 4.69) is 5.10 Å². The molecule has 0 atom stereocenters. The highest BCUT2D eigenvalue weighted by Gasteiger charge is 2.32. The van der Waals surface area contributed by atoms with Gasteiger partial charge < -0.3 is 14.6 Å². The maximum Gasteiger partial charge on any atom is 0.281 e. The van der Waals surface area contributed by atoms with E-state index >= 15 is 0 Å². The number of phenolic OH excluding ortho intramolecular Hbond substituents is 1. The third-order valence-electron chi connectivity index (χ3n) is 4.76. The molecule has 0 aliphatic carbocycles. The number of hydrogen-bond acceptors (Lipinski definition) is 5. The van der Waals surface area contributed by atoms with Crippen LogP contribution < -0.4 is 14.5 Å². The van der Waals surface area contributed by atoms with Crippen molar-refractivity contribution in [2.75, 3.05) is 19.2 Å². The van der Waals surface area contributed by atoms with Crippen LogP contribution in [0.15, 0.2) is 83.5 Å². The van der Waals surface area contributed by atoms with E-state index in [9.17, 15) is 9.90 Å². The number of carbonyl (C=O) groups excluding carboxylic acids is 1. The lowest BCUT2D eigenvalue weighted by Gasteiger charge is -2.11. The summed E-state index contributed by atoms with van der Waals surface area (Å²) in [6.07, 6.45) is 1.75. The molecule has 4 rings (SSSR count). The quantitative estimate of drug-likeness (QED) is 0.650. The summed E-state index contributed by atoms with van der Waals surface area (Å²) in [6, 6.07) is 21.6. The molecule has 1 aliphatic heterocycles. The van der Waals surface area contributed by atoms with Crippen LogP contribution in [0.4, 0.5) is 5.69 Å². The Morgan fingerprint density at radius 1 is 0.933 bits per heavy atom. The first-order valence-electron chi connectivity index (χ1n) is 9.32. The van der Waals surface area contributed by atoms with Crippen molar-refractivity contribution in [3.8, 4) is 17.2 Å². The van der Waals surface area contributed by atoms with Crippen molar-refractivity contribution >= 4 is 23.4 Å². The highest BCUT2D eigenvalue weighted by molar-refractivity contribution is 6.37. The molecule has 150 valence electrons. The lowest BCUT2D eigenvalue weighted by molar-refractivity contribution is -0.114. The number of nitrogens with zero attached hydrogens (tertiary/aromatic N) is 2. The molecule has 0 bridgehead atoms. The number of rotatable bonds is 5. The molecule has 0 aromatic heterocycles. The Morgan fingerprint density at radius 3 is 2.33 bits per heavy atom. The molecular formula is C24H20N2O4. The summed E-state index contributed by atoms with van der Waals surface area (Å²) in [5.74, 6) is 0.849. The van der Waals surface area contributed by atoms with Gasteiger partial charge in [-0.3, -0.25) is 4.79 Å². The number of hydrazone groups is 1. The molecule has 1 amide bonds. The van der Waals surface area contributed by atoms with Crippen LogP contribution in [0.2, 0.25) is 0 Å². The first-order chi connectivity index (χ1) is 14.6. The number of benzene rings is 3. The van der Waals surface area contributed by atoms with Gasteiger partial charge in [-0.1, -0.05) is 24.3 Å². The number of anilines is 1. The minimum Gasteiger partial charge on any atom is -0.504 e. The molecule has 3 aromatic rings. The fourth-order valence-corrected chi connectivity index (χ4v) is 3.20. The van der Waals surface area contributed by atoms with Crippen LogP contribution >= 0.6 is 0 Å². The Labute approximate surface area is 174 Å². The van der Waals surface area contributed by atoms with Crippen molar-refractivity contribution in [1.29, 1.82) is 0 Å². The fraction of sp³-hybridized carbons (Fsp3) is 0.0833. The molecular weight excluding hydrogens is 380 g/mol. The second kappa shape index (κ2) is 8.13. The minimum absolute atomic E-state index is 0.0346. The van der Waals surface area contributed by atoms with Gasteiger partial charge in [0.1, 0.15) is 11.5 Å². The van der Waals surface area contributed by atoms with E-state index in [0.717, 1.165) is 11.3 Å². The summed E-state index contributed by atoms with van der Waals surface area (Å²) in [5, 5.41) is 15.9. The SMILES string of the molecule is COc1ccc(C2=NN(c3ccccc3)C(=O)/C2=C\c2ccc(O)c(OC)c2)cc1. The van der Waals surface area contributed by atoms with E-state index < -0.39 is 0 Å². The van der Waals surface area contributed by atoms with Gasteiger partial charge in [-0.15, -0.1) is 0 Å². The van der Waals surface area contributed by atoms with Gasteiger partial charge in [0.25, 0.3) is 5.91 Å². The van der Waals surface area contributed by atoms with Gasteiger partial charge in [0.05, 0.1) is 25.5 Å². The van der Waals surface area contributed by atoms with E-state index in [4.69, 9.17) is 9.47 Å². The first-order valence-corrected chi connectivity index (χ1v) is 9.32. The standard InChI is InChI=1S/C24H20N2O4/c1-29-19-11-9-17(10-12-19)23-20(14-16-8-13-21(27)22(15-16)30-2)24(28)26(25-23)18-6-4-3-5-7-18/h3-15,27H,1-2H3/b20-14-. The van der Waals surface area contributed by atoms with Gasteiger partial charge in [0.15, 0.2) is 11.5 Å². The lowest BCUT2D eigenvalue weighted by atomic mass is 10.00. The molecule has 6 nitrogen and oxygen atoms in total. The molecule has 3 aromatic carbocycles. The Kier molecular flexibility index (Phi) is 5.22. The first kappa shape index (κ1) is 19.3. The van der Waals surface area contributed by atoms with Crippen molar-refractivity contribution in [1.82, 2.24) is 0 Å². The third kappa shape index (κ3) is 3.63. The van der Waals surface area contributed by atoms with Crippen molar-refractivity contribution in [2.24, 2.45) is 5.10 Å². The van der Waals surface area contributed by atoms with Crippen molar-refractivity contribution in [3.63, 3.8) is 0 Å². The van der Waals surface area contributed by atoms with Crippen LogP contribution in [-0.2, 0) is 4.79 Å². The van der Waals surface area contributed by atoms with E-state index in [0.29, 0.717) is 28.3 Å². The van der Waals surface area contributed by atoms with Gasteiger partial charge in [0.2, 0.25) is 0 Å². The average molecular weight is 400 g/mol. The third-order valence-corrected chi connectivity index (χ3v) is 4.76. The summed E-state index contributed by atoms with van der Waals surface area (Å²) in [5.41, 5.74) is 3.18. The van der Waals surface area contributed by atoms with Crippen molar-refractivity contribution in [3.05, 3.63) is 89.5 Å². The number of para-hydroxylation sites is 1. The zero-order valence-corrected chi connectivity index (χ0v) is 16.6. The number of aromatic hydroxyl groups is 1. The number of methoxy groups -OCH3 is 2. The molecule has 6 heteroatoms. The number of amides is 1. The van der Waals surface area contributed by atoms with Crippen molar-refractivity contribution < 1.29 is 19.4 Å². The van der Waals surface area contributed by atoms with E-state index in [-0.39, 0.29) is 11.7 Å². The maximum absolute atomic E-state index is 13.3. The van der Waals surface area contributed by atoms with Crippen LogP contribution in [0.25, 0.3) is 6.08 Å². The number of phenols is 1. The second-order valence-electron chi connectivity index (χ2n) is 6.62. The summed E-state index contributed by atoms with van der Waals surface area (Å²) >= 11 is 0. The number of ether oxygens (including phenoxy) is 2. The Morgan fingerprint density at radius 2 is 1.67 bits per heavy atom. The fourth-order valence-electron chi connectivity index (χ4n) is 3.20. The molecule has 30 heavy (non-hydrogen) atoms. The van der Waals surface area contributed by atoms with Gasteiger partial charge in [-0.05, 0) is 60.2 Å². The maximum atomic E-state index is 13.3. The molecule has 1 heterocycles. The average Bonchev–Trinajstić information content (AvgIpc) is 3.11. The van der Waals surface area contributed by atoms with Crippen LogP contribution in [0.1, 0.15) is 11.1 Å². The summed E-state index contributed by atoms with van der Waals surface area (Å²) in [4.78, 5) is 13.3. The molecule has 0 spiro atoms. The summed E-state index contributed by atoms with van der Waals surface area (Å²) < 4.78 is 10.4. The summed E-state index contributed by atoms with van der Waals surface area (Å²) in [7, 11) is 3.08. The monoisotopic (exact) mass is 400 g/mol. The Bertz CT molecular complexity index is 1140. The predicted octanol–water partition coefficient (Wildman–Crippen LogP) is 4.24. The normalized spacial score (nSPS) is 14.7. The number of carbonyl (C=O) groups is 1. The van der Waals surface area contributed by atoms with Crippen molar-refractivity contribution in [2.45, 2.75) is 0 Å². The topological polar surface area (TPSA) is 71.4 Å². The largest absolute Gasteiger partial charge is 0.504 e. The van der Waals surface area contributed by atoms with Crippen LogP contribution in [0.3, 0.4) is 0 Å². The highest BCUT2D eigenvalue weighted by Crippen LogP contribution is 2.31.